The summed E-state index contributed by atoms with van der Waals surface area (Å²) in [7, 11) is 1.59. The fourth-order valence-corrected chi connectivity index (χ4v) is 1.41. The van der Waals surface area contributed by atoms with Crippen molar-refractivity contribution in [3.05, 3.63) is 24.0 Å². The van der Waals surface area contributed by atoms with Gasteiger partial charge in [0.2, 0.25) is 5.91 Å². The molecule has 0 fully saturated rings. The Hall–Kier alpha value is -1.62. The zero-order chi connectivity index (χ0) is 13.4. The van der Waals surface area contributed by atoms with Gasteiger partial charge in [0.25, 0.3) is 0 Å². The maximum atomic E-state index is 11.5. The Morgan fingerprint density at radius 3 is 3.00 bits per heavy atom. The molecule has 0 aromatic carbocycles. The van der Waals surface area contributed by atoms with Gasteiger partial charge in [-0.15, -0.1) is 0 Å². The lowest BCUT2D eigenvalue weighted by Gasteiger charge is -2.09. The summed E-state index contributed by atoms with van der Waals surface area (Å²) in [6.07, 6.45) is 4.40. The van der Waals surface area contributed by atoms with Crippen molar-refractivity contribution in [2.24, 2.45) is 5.92 Å². The van der Waals surface area contributed by atoms with Crippen molar-refractivity contribution < 1.29 is 14.6 Å². The SMILES string of the molecule is COc1cncc(CCC(=O)NCC(C)CO)c1. The largest absolute Gasteiger partial charge is 0.495 e. The van der Waals surface area contributed by atoms with Crippen LogP contribution in [0.4, 0.5) is 0 Å². The Morgan fingerprint density at radius 2 is 2.33 bits per heavy atom. The molecule has 100 valence electrons. The van der Waals surface area contributed by atoms with Crippen molar-refractivity contribution >= 4 is 5.91 Å². The van der Waals surface area contributed by atoms with Crippen LogP contribution in [0, 0.1) is 5.92 Å². The van der Waals surface area contributed by atoms with Gasteiger partial charge >= 0.3 is 0 Å². The summed E-state index contributed by atoms with van der Waals surface area (Å²) in [5.41, 5.74) is 0.972. The highest BCUT2D eigenvalue weighted by atomic mass is 16.5. The Morgan fingerprint density at radius 1 is 1.56 bits per heavy atom. The standard InChI is InChI=1S/C13H20N2O3/c1-10(9-16)6-15-13(17)4-3-11-5-12(18-2)8-14-7-11/h5,7-8,10,16H,3-4,6,9H2,1-2H3,(H,15,17). The molecule has 0 saturated heterocycles. The van der Waals surface area contributed by atoms with Gasteiger partial charge in [0, 0.05) is 25.8 Å². The number of rotatable bonds is 7. The van der Waals surface area contributed by atoms with Crippen LogP contribution in [0.1, 0.15) is 18.9 Å². The molecule has 0 spiro atoms. The topological polar surface area (TPSA) is 71.5 Å². The summed E-state index contributed by atoms with van der Waals surface area (Å²) in [5.74, 6) is 0.771. The highest BCUT2D eigenvalue weighted by Crippen LogP contribution is 2.11. The summed E-state index contributed by atoms with van der Waals surface area (Å²) in [4.78, 5) is 15.6. The highest BCUT2D eigenvalue weighted by molar-refractivity contribution is 5.76. The van der Waals surface area contributed by atoms with Crippen molar-refractivity contribution in [2.45, 2.75) is 19.8 Å². The molecule has 2 N–H and O–H groups in total. The van der Waals surface area contributed by atoms with Crippen LogP contribution in [0.2, 0.25) is 0 Å². The van der Waals surface area contributed by atoms with E-state index in [0.29, 0.717) is 25.1 Å². The molecule has 0 aliphatic heterocycles. The third-order valence-electron chi connectivity index (χ3n) is 2.61. The molecule has 0 aliphatic carbocycles. The van der Waals surface area contributed by atoms with Crippen LogP contribution in [0.3, 0.4) is 0 Å². The smallest absolute Gasteiger partial charge is 0.220 e. The number of pyridine rings is 1. The average Bonchev–Trinajstić information content (AvgIpc) is 2.42. The highest BCUT2D eigenvalue weighted by Gasteiger charge is 2.05. The molecule has 1 aromatic rings. The number of carbonyl (C=O) groups is 1. The van der Waals surface area contributed by atoms with Crippen LogP contribution >= 0.6 is 0 Å². The van der Waals surface area contributed by atoms with E-state index in [4.69, 9.17) is 9.84 Å². The van der Waals surface area contributed by atoms with Crippen LogP contribution in [0.15, 0.2) is 18.5 Å². The fraction of sp³-hybridized carbons (Fsp3) is 0.538. The molecule has 1 heterocycles. The Balaban J connectivity index is 2.33. The van der Waals surface area contributed by atoms with Gasteiger partial charge < -0.3 is 15.2 Å². The summed E-state index contributed by atoms with van der Waals surface area (Å²) < 4.78 is 5.06. The quantitative estimate of drug-likeness (QED) is 0.752. The number of ether oxygens (including phenoxy) is 1. The third-order valence-corrected chi connectivity index (χ3v) is 2.61. The van der Waals surface area contributed by atoms with E-state index < -0.39 is 0 Å². The van der Waals surface area contributed by atoms with E-state index in [1.165, 1.54) is 0 Å². The van der Waals surface area contributed by atoms with E-state index in [0.717, 1.165) is 5.56 Å². The van der Waals surface area contributed by atoms with Gasteiger partial charge in [0.15, 0.2) is 0 Å². The Labute approximate surface area is 107 Å². The zero-order valence-electron chi connectivity index (χ0n) is 10.8. The molecule has 0 saturated carbocycles. The second-order valence-electron chi connectivity index (χ2n) is 4.32. The fourth-order valence-electron chi connectivity index (χ4n) is 1.41. The number of carbonyl (C=O) groups excluding carboxylic acids is 1. The second-order valence-corrected chi connectivity index (χ2v) is 4.32. The predicted octanol–water partition coefficient (Wildman–Crippen LogP) is 0.767. The van der Waals surface area contributed by atoms with Crippen molar-refractivity contribution in [3.8, 4) is 5.75 Å². The van der Waals surface area contributed by atoms with Crippen molar-refractivity contribution in [2.75, 3.05) is 20.3 Å². The van der Waals surface area contributed by atoms with Gasteiger partial charge in [-0.3, -0.25) is 9.78 Å². The first-order valence-electron chi connectivity index (χ1n) is 6.01. The molecule has 1 aromatic heterocycles. The van der Waals surface area contributed by atoms with Crippen molar-refractivity contribution in [1.29, 1.82) is 0 Å². The minimum atomic E-state index is -0.0156. The number of aromatic nitrogens is 1. The molecule has 1 atom stereocenters. The minimum Gasteiger partial charge on any atom is -0.495 e. The van der Waals surface area contributed by atoms with E-state index in [-0.39, 0.29) is 18.4 Å². The lowest BCUT2D eigenvalue weighted by molar-refractivity contribution is -0.121. The third kappa shape index (κ3) is 5.14. The van der Waals surface area contributed by atoms with Crippen LogP contribution < -0.4 is 10.1 Å². The van der Waals surface area contributed by atoms with Gasteiger partial charge in [-0.05, 0) is 24.0 Å². The minimum absolute atomic E-state index is 0.0156. The van der Waals surface area contributed by atoms with Crippen LogP contribution in [0.25, 0.3) is 0 Å². The number of hydrogen-bond donors (Lipinski definition) is 2. The summed E-state index contributed by atoms with van der Waals surface area (Å²) in [6.45, 7) is 2.47. The van der Waals surface area contributed by atoms with E-state index in [1.807, 2.05) is 13.0 Å². The van der Waals surface area contributed by atoms with Gasteiger partial charge in [0.05, 0.1) is 13.3 Å². The average molecular weight is 252 g/mol. The van der Waals surface area contributed by atoms with Gasteiger partial charge in [-0.2, -0.15) is 0 Å². The number of aliphatic hydroxyl groups excluding tert-OH is 1. The zero-order valence-corrected chi connectivity index (χ0v) is 10.8. The van der Waals surface area contributed by atoms with E-state index >= 15 is 0 Å². The monoisotopic (exact) mass is 252 g/mol. The van der Waals surface area contributed by atoms with Crippen LogP contribution in [0.5, 0.6) is 5.75 Å². The summed E-state index contributed by atoms with van der Waals surface area (Å²) >= 11 is 0. The Bertz CT molecular complexity index is 382. The lowest BCUT2D eigenvalue weighted by Crippen LogP contribution is -2.29. The number of hydrogen-bond acceptors (Lipinski definition) is 4. The first-order chi connectivity index (χ1) is 8.65. The summed E-state index contributed by atoms with van der Waals surface area (Å²) in [5, 5.41) is 11.6. The molecule has 0 aliphatic rings. The van der Waals surface area contributed by atoms with Gasteiger partial charge in [-0.25, -0.2) is 0 Å². The molecular formula is C13H20N2O3. The molecule has 1 unspecified atom stereocenters. The number of nitrogens with zero attached hydrogens (tertiary/aromatic N) is 1. The molecule has 1 amide bonds. The normalized spacial score (nSPS) is 11.9. The number of nitrogens with one attached hydrogen (secondary N) is 1. The molecule has 0 bridgehead atoms. The summed E-state index contributed by atoms with van der Waals surface area (Å²) in [6, 6.07) is 1.87. The van der Waals surface area contributed by atoms with Crippen LogP contribution in [-0.4, -0.2) is 36.3 Å². The molecule has 0 radical (unpaired) electrons. The first kappa shape index (κ1) is 14.4. The van der Waals surface area contributed by atoms with Gasteiger partial charge in [-0.1, -0.05) is 6.92 Å². The first-order valence-corrected chi connectivity index (χ1v) is 6.01. The van der Waals surface area contributed by atoms with Crippen molar-refractivity contribution in [3.63, 3.8) is 0 Å². The van der Waals surface area contributed by atoms with E-state index in [1.54, 1.807) is 19.5 Å². The molecular weight excluding hydrogens is 232 g/mol. The molecule has 1 rings (SSSR count). The van der Waals surface area contributed by atoms with Crippen LogP contribution in [-0.2, 0) is 11.2 Å². The maximum absolute atomic E-state index is 11.5. The molecule has 5 nitrogen and oxygen atoms in total. The number of aryl methyl sites for hydroxylation is 1. The Kier molecular flexibility index (Phi) is 6.14. The van der Waals surface area contributed by atoms with E-state index in [9.17, 15) is 4.79 Å². The number of methoxy groups -OCH3 is 1. The number of amides is 1. The van der Waals surface area contributed by atoms with E-state index in [2.05, 4.69) is 10.3 Å². The van der Waals surface area contributed by atoms with Gasteiger partial charge in [0.1, 0.15) is 5.75 Å². The molecule has 18 heavy (non-hydrogen) atoms. The lowest BCUT2D eigenvalue weighted by atomic mass is 10.1. The van der Waals surface area contributed by atoms with Crippen molar-refractivity contribution in [1.82, 2.24) is 10.3 Å². The predicted molar refractivity (Wildman–Crippen MR) is 68.4 cm³/mol. The number of aliphatic hydroxyl groups is 1. The second kappa shape index (κ2) is 7.66. The maximum Gasteiger partial charge on any atom is 0.220 e. The molecule has 5 heteroatoms.